The highest BCUT2D eigenvalue weighted by molar-refractivity contribution is 5.66. The molecular formula is C32H20F10O3. The fraction of sp³-hybridized carbons (Fsp3) is 0.188. The quantitative estimate of drug-likeness (QED) is 0.103. The van der Waals surface area contributed by atoms with Gasteiger partial charge in [-0.05, 0) is 48.4 Å². The molecule has 45 heavy (non-hydrogen) atoms. The maximum atomic E-state index is 14.7. The lowest BCUT2D eigenvalue weighted by Gasteiger charge is -2.20. The Hall–Kier alpha value is -4.86. The van der Waals surface area contributed by atoms with Gasteiger partial charge in [0.05, 0.1) is 6.61 Å². The molecule has 0 saturated heterocycles. The van der Waals surface area contributed by atoms with E-state index in [0.717, 1.165) is 12.8 Å². The Bertz CT molecular complexity index is 1690. The molecule has 4 aromatic rings. The van der Waals surface area contributed by atoms with Crippen molar-refractivity contribution in [2.24, 2.45) is 0 Å². The van der Waals surface area contributed by atoms with Gasteiger partial charge in [0, 0.05) is 34.9 Å². The first-order valence-electron chi connectivity index (χ1n) is 13.0. The van der Waals surface area contributed by atoms with Crippen molar-refractivity contribution in [2.75, 3.05) is 6.61 Å². The molecule has 0 fully saturated rings. The summed E-state index contributed by atoms with van der Waals surface area (Å²) < 4.78 is 150. The number of alkyl halides is 5. The zero-order valence-corrected chi connectivity index (χ0v) is 23.0. The third kappa shape index (κ3) is 8.41. The number of benzene rings is 4. The zero-order chi connectivity index (χ0) is 32.9. The number of rotatable bonds is 9. The smallest absolute Gasteiger partial charge is 0.493 e. The molecule has 0 radical (unpaired) electrons. The molecule has 0 unspecified atom stereocenters. The van der Waals surface area contributed by atoms with Gasteiger partial charge in [-0.25, -0.2) is 22.0 Å². The second-order valence-electron chi connectivity index (χ2n) is 9.37. The second-order valence-corrected chi connectivity index (χ2v) is 9.37. The Labute approximate surface area is 250 Å². The van der Waals surface area contributed by atoms with Crippen LogP contribution in [0.2, 0.25) is 0 Å². The number of unbranched alkanes of at least 4 members (excludes halogenated alkanes) is 1. The third-order valence-corrected chi connectivity index (χ3v) is 6.02. The Kier molecular flexibility index (Phi) is 9.85. The molecule has 0 aromatic heterocycles. The molecule has 4 aromatic carbocycles. The molecule has 0 saturated carbocycles. The number of hydrogen-bond acceptors (Lipinski definition) is 3. The lowest BCUT2D eigenvalue weighted by Crippen LogP contribution is -2.25. The van der Waals surface area contributed by atoms with Gasteiger partial charge in [-0.2, -0.15) is 8.78 Å². The van der Waals surface area contributed by atoms with E-state index in [-0.39, 0.29) is 23.3 Å². The van der Waals surface area contributed by atoms with E-state index >= 15 is 0 Å². The first kappa shape index (κ1) is 33.0. The number of hydrogen-bond donors (Lipinski definition) is 0. The minimum absolute atomic E-state index is 0.0779. The molecule has 0 bridgehead atoms. The van der Waals surface area contributed by atoms with Crippen LogP contribution in [0.4, 0.5) is 43.9 Å². The van der Waals surface area contributed by atoms with Crippen LogP contribution in [-0.4, -0.2) is 13.0 Å². The maximum Gasteiger partial charge on any atom is 0.573 e. The summed E-state index contributed by atoms with van der Waals surface area (Å²) in [4.78, 5) is 0. The van der Waals surface area contributed by atoms with Crippen molar-refractivity contribution in [1.29, 1.82) is 0 Å². The first-order valence-corrected chi connectivity index (χ1v) is 13.0. The third-order valence-electron chi connectivity index (χ3n) is 6.02. The standard InChI is InChI=1S/C32H20F10O3/c1-2-3-12-43-21-10-11-23(24(33)15-21)20-8-6-18(7-9-20)4-5-19-13-25(34)29(26(35)14-19)31(38,39)44-22-16-27(36)30(28(37)17-22)45-32(40,41)42/h6-11,13-17H,2-3,12H2,1H3. The Balaban J connectivity index is 1.50. The van der Waals surface area contributed by atoms with Gasteiger partial charge >= 0.3 is 12.5 Å². The normalized spacial score (nSPS) is 11.5. The van der Waals surface area contributed by atoms with Crippen molar-refractivity contribution in [3.63, 3.8) is 0 Å². The van der Waals surface area contributed by atoms with Gasteiger partial charge in [-0.1, -0.05) is 37.3 Å². The molecule has 236 valence electrons. The molecule has 0 N–H and O–H groups in total. The summed E-state index contributed by atoms with van der Waals surface area (Å²) in [5.41, 5.74) is -1.19. The van der Waals surface area contributed by atoms with E-state index in [1.807, 2.05) is 6.92 Å². The number of halogens is 10. The largest absolute Gasteiger partial charge is 0.573 e. The highest BCUT2D eigenvalue weighted by Crippen LogP contribution is 2.38. The molecule has 0 atom stereocenters. The fourth-order valence-electron chi connectivity index (χ4n) is 3.96. The topological polar surface area (TPSA) is 27.7 Å². The molecule has 0 heterocycles. The van der Waals surface area contributed by atoms with Gasteiger partial charge in [0.25, 0.3) is 0 Å². The van der Waals surface area contributed by atoms with Gasteiger partial charge in [0.1, 0.15) is 34.5 Å². The van der Waals surface area contributed by atoms with Gasteiger partial charge in [0.2, 0.25) is 5.75 Å². The summed E-state index contributed by atoms with van der Waals surface area (Å²) in [5.74, 6) is -6.26. The molecule has 4 rings (SSSR count). The average molecular weight is 642 g/mol. The Morgan fingerprint density at radius 1 is 0.622 bits per heavy atom. The van der Waals surface area contributed by atoms with Crippen LogP contribution in [0.25, 0.3) is 11.1 Å². The van der Waals surface area contributed by atoms with Crippen LogP contribution in [0, 0.1) is 40.9 Å². The van der Waals surface area contributed by atoms with Crippen molar-refractivity contribution in [1.82, 2.24) is 0 Å². The monoisotopic (exact) mass is 642 g/mol. The van der Waals surface area contributed by atoms with Crippen molar-refractivity contribution in [2.45, 2.75) is 32.2 Å². The lowest BCUT2D eigenvalue weighted by atomic mass is 10.0. The second kappa shape index (κ2) is 13.4. The van der Waals surface area contributed by atoms with E-state index < -0.39 is 58.6 Å². The Morgan fingerprint density at radius 2 is 1.20 bits per heavy atom. The van der Waals surface area contributed by atoms with Gasteiger partial charge in [-0.15, -0.1) is 13.2 Å². The van der Waals surface area contributed by atoms with E-state index in [2.05, 4.69) is 21.3 Å². The summed E-state index contributed by atoms with van der Waals surface area (Å²) in [6.45, 7) is 2.46. The zero-order valence-electron chi connectivity index (χ0n) is 23.0. The van der Waals surface area contributed by atoms with E-state index in [1.165, 1.54) is 18.2 Å². The molecule has 0 aliphatic carbocycles. The molecule has 0 spiro atoms. The SMILES string of the molecule is CCCCOc1ccc(-c2ccc(C#Cc3cc(F)c(C(F)(F)Oc4cc(F)c(OC(F)(F)F)c(F)c4)c(F)c3)cc2)c(F)c1. The fourth-order valence-corrected chi connectivity index (χ4v) is 3.96. The number of ether oxygens (including phenoxy) is 3. The van der Waals surface area contributed by atoms with Crippen molar-refractivity contribution < 1.29 is 58.1 Å². The highest BCUT2D eigenvalue weighted by atomic mass is 19.4. The molecule has 0 aliphatic rings. The van der Waals surface area contributed by atoms with Crippen LogP contribution in [-0.2, 0) is 6.11 Å². The van der Waals surface area contributed by atoms with Crippen LogP contribution in [0.1, 0.15) is 36.5 Å². The van der Waals surface area contributed by atoms with Crippen LogP contribution < -0.4 is 14.2 Å². The van der Waals surface area contributed by atoms with E-state index in [9.17, 15) is 43.9 Å². The van der Waals surface area contributed by atoms with Crippen LogP contribution >= 0.6 is 0 Å². The van der Waals surface area contributed by atoms with Gasteiger partial charge in [-0.3, -0.25) is 0 Å². The molecule has 0 aliphatic heterocycles. The minimum Gasteiger partial charge on any atom is -0.493 e. The highest BCUT2D eigenvalue weighted by Gasteiger charge is 2.42. The predicted molar refractivity (Wildman–Crippen MR) is 142 cm³/mol. The first-order chi connectivity index (χ1) is 21.2. The predicted octanol–water partition coefficient (Wildman–Crippen LogP) is 9.65. The van der Waals surface area contributed by atoms with Crippen LogP contribution in [0.3, 0.4) is 0 Å². The summed E-state index contributed by atoms with van der Waals surface area (Å²) in [6.07, 6.45) is -8.61. The Morgan fingerprint density at radius 3 is 1.76 bits per heavy atom. The van der Waals surface area contributed by atoms with E-state index in [4.69, 9.17) is 4.74 Å². The molecule has 13 heteroatoms. The van der Waals surface area contributed by atoms with E-state index in [0.29, 0.717) is 35.6 Å². The van der Waals surface area contributed by atoms with Crippen molar-refractivity contribution in [3.05, 3.63) is 113 Å². The van der Waals surface area contributed by atoms with Gasteiger partial charge < -0.3 is 14.2 Å². The maximum absolute atomic E-state index is 14.7. The summed E-state index contributed by atoms with van der Waals surface area (Å²) >= 11 is 0. The van der Waals surface area contributed by atoms with Crippen molar-refractivity contribution in [3.8, 4) is 40.2 Å². The average Bonchev–Trinajstić information content (AvgIpc) is 2.93. The minimum atomic E-state index is -5.50. The van der Waals surface area contributed by atoms with E-state index in [1.54, 1.807) is 24.3 Å². The van der Waals surface area contributed by atoms with Crippen LogP contribution in [0.15, 0.2) is 66.7 Å². The summed E-state index contributed by atoms with van der Waals surface area (Å²) in [5, 5.41) is 0. The summed E-state index contributed by atoms with van der Waals surface area (Å²) in [7, 11) is 0. The molecule has 3 nitrogen and oxygen atoms in total. The summed E-state index contributed by atoms with van der Waals surface area (Å²) in [6, 6.07) is 11.3. The van der Waals surface area contributed by atoms with Crippen LogP contribution in [0.5, 0.6) is 17.2 Å². The van der Waals surface area contributed by atoms with Crippen molar-refractivity contribution >= 4 is 0 Å². The molecular weight excluding hydrogens is 622 g/mol. The lowest BCUT2D eigenvalue weighted by molar-refractivity contribution is -0.276. The van der Waals surface area contributed by atoms with Gasteiger partial charge in [0.15, 0.2) is 11.6 Å². The molecule has 0 amide bonds.